The van der Waals surface area contributed by atoms with Crippen molar-refractivity contribution in [2.75, 3.05) is 0 Å². The number of hydrogen-bond donors (Lipinski definition) is 2. The molecule has 2 aromatic carbocycles. The molecule has 0 aliphatic carbocycles. The Morgan fingerprint density at radius 3 is 2.33 bits per heavy atom. The minimum absolute atomic E-state index is 0.186. The van der Waals surface area contributed by atoms with Crippen LogP contribution in [0.1, 0.15) is 28.9 Å². The van der Waals surface area contributed by atoms with Crippen LogP contribution in [-0.2, 0) is 0 Å². The molecule has 2 rings (SSSR count). The largest absolute Gasteiger partial charge is 0.478 e. The Labute approximate surface area is 105 Å². The van der Waals surface area contributed by atoms with Crippen molar-refractivity contribution >= 4 is 5.97 Å². The normalized spacial score (nSPS) is 12.1. The molecule has 3 nitrogen and oxygen atoms in total. The predicted octanol–water partition coefficient (Wildman–Crippen LogP) is 3.11. The molecule has 2 aromatic rings. The maximum absolute atomic E-state index is 10.9. The molecule has 92 valence electrons. The monoisotopic (exact) mass is 242 g/mol. The van der Waals surface area contributed by atoms with Gasteiger partial charge in [-0.3, -0.25) is 0 Å². The highest BCUT2D eigenvalue weighted by Crippen LogP contribution is 2.29. The lowest BCUT2D eigenvalue weighted by atomic mass is 9.95. The van der Waals surface area contributed by atoms with Crippen molar-refractivity contribution in [3.8, 4) is 11.1 Å². The first kappa shape index (κ1) is 12.3. The van der Waals surface area contributed by atoms with Gasteiger partial charge in [0.15, 0.2) is 0 Å². The van der Waals surface area contributed by atoms with Gasteiger partial charge >= 0.3 is 5.97 Å². The second-order valence-corrected chi connectivity index (χ2v) is 4.15. The van der Waals surface area contributed by atoms with Gasteiger partial charge in [0, 0.05) is 0 Å². The molecule has 1 unspecified atom stereocenters. The summed E-state index contributed by atoms with van der Waals surface area (Å²) in [5, 5.41) is 18.8. The van der Waals surface area contributed by atoms with Gasteiger partial charge < -0.3 is 10.2 Å². The summed E-state index contributed by atoms with van der Waals surface area (Å²) in [6.45, 7) is 1.63. The van der Waals surface area contributed by atoms with Crippen LogP contribution in [0.4, 0.5) is 0 Å². The molecule has 0 saturated heterocycles. The predicted molar refractivity (Wildman–Crippen MR) is 69.5 cm³/mol. The lowest BCUT2D eigenvalue weighted by Crippen LogP contribution is -2.01. The summed E-state index contributed by atoms with van der Waals surface area (Å²) in [5.41, 5.74) is 2.63. The molecule has 2 N–H and O–H groups in total. The lowest BCUT2D eigenvalue weighted by Gasteiger charge is -2.13. The fraction of sp³-hybridized carbons (Fsp3) is 0.133. The number of aliphatic hydroxyl groups is 1. The number of benzene rings is 2. The highest BCUT2D eigenvalue weighted by molar-refractivity contribution is 5.89. The van der Waals surface area contributed by atoms with Crippen molar-refractivity contribution in [2.45, 2.75) is 13.0 Å². The first-order chi connectivity index (χ1) is 8.59. The Bertz CT molecular complexity index is 559. The van der Waals surface area contributed by atoms with Gasteiger partial charge in [-0.05, 0) is 35.7 Å². The minimum atomic E-state index is -0.989. The van der Waals surface area contributed by atoms with Gasteiger partial charge in [0.2, 0.25) is 0 Å². The van der Waals surface area contributed by atoms with Crippen LogP contribution in [-0.4, -0.2) is 16.2 Å². The van der Waals surface area contributed by atoms with Crippen LogP contribution in [0, 0.1) is 0 Å². The van der Waals surface area contributed by atoms with Gasteiger partial charge in [0.05, 0.1) is 11.7 Å². The molecule has 0 saturated carbocycles. The quantitative estimate of drug-likeness (QED) is 0.869. The molecule has 0 spiro atoms. The standard InChI is InChI=1S/C15H14O3/c1-10(16)14-9-12(15(17)18)7-8-13(14)11-5-3-2-4-6-11/h2-10,16H,1H3,(H,17,18). The second-order valence-electron chi connectivity index (χ2n) is 4.15. The molecule has 0 aliphatic rings. The average Bonchev–Trinajstić information content (AvgIpc) is 2.39. The Balaban J connectivity index is 2.58. The summed E-state index contributed by atoms with van der Waals surface area (Å²) in [5.74, 6) is -0.989. The number of carboxylic acids is 1. The van der Waals surface area contributed by atoms with Crippen molar-refractivity contribution in [1.29, 1.82) is 0 Å². The number of rotatable bonds is 3. The molecule has 0 aromatic heterocycles. The molecule has 0 heterocycles. The van der Waals surface area contributed by atoms with Gasteiger partial charge in [-0.15, -0.1) is 0 Å². The van der Waals surface area contributed by atoms with E-state index in [9.17, 15) is 9.90 Å². The average molecular weight is 242 g/mol. The smallest absolute Gasteiger partial charge is 0.335 e. The van der Waals surface area contributed by atoms with Gasteiger partial charge in [-0.2, -0.15) is 0 Å². The molecular weight excluding hydrogens is 228 g/mol. The van der Waals surface area contributed by atoms with Crippen LogP contribution < -0.4 is 0 Å². The van der Waals surface area contributed by atoms with E-state index in [0.717, 1.165) is 11.1 Å². The van der Waals surface area contributed by atoms with Crippen LogP contribution in [0.3, 0.4) is 0 Å². The van der Waals surface area contributed by atoms with Crippen molar-refractivity contribution in [2.24, 2.45) is 0 Å². The van der Waals surface area contributed by atoms with Gasteiger partial charge in [0.1, 0.15) is 0 Å². The number of aliphatic hydroxyl groups excluding tert-OH is 1. The van der Waals surface area contributed by atoms with Crippen LogP contribution in [0.15, 0.2) is 48.5 Å². The fourth-order valence-corrected chi connectivity index (χ4v) is 1.92. The van der Waals surface area contributed by atoms with E-state index < -0.39 is 12.1 Å². The van der Waals surface area contributed by atoms with E-state index in [1.54, 1.807) is 19.1 Å². The van der Waals surface area contributed by atoms with E-state index in [4.69, 9.17) is 5.11 Å². The zero-order chi connectivity index (χ0) is 13.1. The summed E-state index contributed by atoms with van der Waals surface area (Å²) in [4.78, 5) is 10.9. The van der Waals surface area contributed by atoms with E-state index in [2.05, 4.69) is 0 Å². The SMILES string of the molecule is CC(O)c1cc(C(=O)O)ccc1-c1ccccc1. The summed E-state index contributed by atoms with van der Waals surface area (Å²) < 4.78 is 0. The molecule has 18 heavy (non-hydrogen) atoms. The number of carbonyl (C=O) groups is 1. The third-order valence-electron chi connectivity index (χ3n) is 2.83. The van der Waals surface area contributed by atoms with Crippen molar-refractivity contribution in [3.05, 3.63) is 59.7 Å². The molecule has 3 heteroatoms. The van der Waals surface area contributed by atoms with Crippen molar-refractivity contribution < 1.29 is 15.0 Å². The summed E-state index contributed by atoms with van der Waals surface area (Å²) >= 11 is 0. The second kappa shape index (κ2) is 5.02. The first-order valence-electron chi connectivity index (χ1n) is 5.70. The van der Waals surface area contributed by atoms with Crippen molar-refractivity contribution in [3.63, 3.8) is 0 Å². The minimum Gasteiger partial charge on any atom is -0.478 e. The van der Waals surface area contributed by atoms with E-state index in [1.165, 1.54) is 6.07 Å². The summed E-state index contributed by atoms with van der Waals surface area (Å²) in [6.07, 6.45) is -0.709. The summed E-state index contributed by atoms with van der Waals surface area (Å²) in [7, 11) is 0. The molecule has 0 amide bonds. The van der Waals surface area contributed by atoms with E-state index in [1.807, 2.05) is 30.3 Å². The Morgan fingerprint density at radius 2 is 1.78 bits per heavy atom. The first-order valence-corrected chi connectivity index (χ1v) is 5.70. The number of aromatic carboxylic acids is 1. The van der Waals surface area contributed by atoms with Gasteiger partial charge in [-0.1, -0.05) is 36.4 Å². The molecular formula is C15H14O3. The van der Waals surface area contributed by atoms with E-state index in [-0.39, 0.29) is 5.56 Å². The zero-order valence-corrected chi connectivity index (χ0v) is 10.00. The number of carboxylic acid groups (broad SMARTS) is 1. The maximum Gasteiger partial charge on any atom is 0.335 e. The highest BCUT2D eigenvalue weighted by Gasteiger charge is 2.13. The van der Waals surface area contributed by atoms with Crippen molar-refractivity contribution in [1.82, 2.24) is 0 Å². The third-order valence-corrected chi connectivity index (χ3v) is 2.83. The zero-order valence-electron chi connectivity index (χ0n) is 10.00. The van der Waals surface area contributed by atoms with Gasteiger partial charge in [-0.25, -0.2) is 4.79 Å². The molecule has 1 atom stereocenters. The van der Waals surface area contributed by atoms with Crippen LogP contribution in [0.5, 0.6) is 0 Å². The maximum atomic E-state index is 10.9. The van der Waals surface area contributed by atoms with Crippen LogP contribution in [0.25, 0.3) is 11.1 Å². The van der Waals surface area contributed by atoms with Gasteiger partial charge in [0.25, 0.3) is 0 Å². The van der Waals surface area contributed by atoms with E-state index in [0.29, 0.717) is 5.56 Å². The Kier molecular flexibility index (Phi) is 3.44. The molecule has 0 radical (unpaired) electrons. The molecule has 0 bridgehead atoms. The topological polar surface area (TPSA) is 57.5 Å². The number of hydrogen-bond acceptors (Lipinski definition) is 2. The van der Waals surface area contributed by atoms with Crippen LogP contribution in [0.2, 0.25) is 0 Å². The van der Waals surface area contributed by atoms with E-state index >= 15 is 0 Å². The molecule has 0 fully saturated rings. The Morgan fingerprint density at radius 1 is 1.11 bits per heavy atom. The third kappa shape index (κ3) is 2.41. The molecule has 0 aliphatic heterocycles. The highest BCUT2D eigenvalue weighted by atomic mass is 16.4. The fourth-order valence-electron chi connectivity index (χ4n) is 1.92. The van der Waals surface area contributed by atoms with Crippen LogP contribution >= 0.6 is 0 Å². The lowest BCUT2D eigenvalue weighted by molar-refractivity contribution is 0.0696. The summed E-state index contributed by atoms with van der Waals surface area (Å²) in [6, 6.07) is 14.4. The Hall–Kier alpha value is -2.13.